The summed E-state index contributed by atoms with van der Waals surface area (Å²) in [5.74, 6) is -2.30. The first-order valence-corrected chi connectivity index (χ1v) is 4.70. The lowest BCUT2D eigenvalue weighted by molar-refractivity contribution is -0.388. The third kappa shape index (κ3) is 2.49. The van der Waals surface area contributed by atoms with Gasteiger partial charge in [0.2, 0.25) is 11.6 Å². The second-order valence-electron chi connectivity index (χ2n) is 2.95. The molecule has 17 heavy (non-hydrogen) atoms. The molecule has 0 bridgehead atoms. The van der Waals surface area contributed by atoms with E-state index in [1.807, 2.05) is 0 Å². The number of esters is 1. The molecule has 0 aliphatic heterocycles. The van der Waals surface area contributed by atoms with Crippen LogP contribution < -0.4 is 4.74 Å². The Morgan fingerprint density at radius 2 is 2.18 bits per heavy atom. The lowest BCUT2D eigenvalue weighted by Gasteiger charge is -2.09. The molecule has 0 aliphatic rings. The number of halogens is 1. The topological polar surface area (TPSA) is 78.7 Å². The Bertz CT molecular complexity index is 460. The van der Waals surface area contributed by atoms with Gasteiger partial charge in [0, 0.05) is 0 Å². The van der Waals surface area contributed by atoms with Crippen LogP contribution in [0.15, 0.2) is 12.1 Å². The van der Waals surface area contributed by atoms with Crippen LogP contribution in [0.1, 0.15) is 17.3 Å². The number of benzene rings is 1. The van der Waals surface area contributed by atoms with Gasteiger partial charge in [-0.05, 0) is 19.1 Å². The predicted molar refractivity (Wildman–Crippen MR) is 55.6 cm³/mol. The van der Waals surface area contributed by atoms with Gasteiger partial charge in [0.1, 0.15) is 5.56 Å². The van der Waals surface area contributed by atoms with E-state index in [4.69, 9.17) is 4.74 Å². The minimum atomic E-state index is -1.06. The highest BCUT2D eigenvalue weighted by atomic mass is 19.1. The molecule has 0 saturated carbocycles. The van der Waals surface area contributed by atoms with E-state index in [-0.39, 0.29) is 12.2 Å². The molecule has 0 unspecified atom stereocenters. The molecule has 0 atom stereocenters. The molecule has 0 heterocycles. The Hall–Kier alpha value is -2.18. The summed E-state index contributed by atoms with van der Waals surface area (Å²) in [7, 11) is 1.12. The summed E-state index contributed by atoms with van der Waals surface area (Å²) in [5.41, 5.74) is -1.04. The molecular formula is C10H10FNO5. The fourth-order valence-corrected chi connectivity index (χ4v) is 1.28. The average molecular weight is 243 g/mol. The van der Waals surface area contributed by atoms with Crippen molar-refractivity contribution in [3.05, 3.63) is 33.6 Å². The molecule has 0 N–H and O–H groups in total. The van der Waals surface area contributed by atoms with Crippen molar-refractivity contribution >= 4 is 11.7 Å². The van der Waals surface area contributed by atoms with Crippen LogP contribution in [-0.4, -0.2) is 24.6 Å². The van der Waals surface area contributed by atoms with E-state index in [9.17, 15) is 19.3 Å². The van der Waals surface area contributed by atoms with E-state index < -0.39 is 28.1 Å². The van der Waals surface area contributed by atoms with Crippen LogP contribution in [0, 0.1) is 15.9 Å². The van der Waals surface area contributed by atoms with Gasteiger partial charge in [-0.2, -0.15) is 4.39 Å². The molecule has 1 aromatic carbocycles. The largest absolute Gasteiger partial charge is 0.486 e. The summed E-state index contributed by atoms with van der Waals surface area (Å²) in [5, 5.41) is 10.7. The number of nitrogens with zero attached hydrogens (tertiary/aromatic N) is 1. The maximum absolute atomic E-state index is 13.3. The van der Waals surface area contributed by atoms with E-state index in [2.05, 4.69) is 4.74 Å². The van der Waals surface area contributed by atoms with Gasteiger partial charge in [-0.3, -0.25) is 10.1 Å². The van der Waals surface area contributed by atoms with Gasteiger partial charge in [-0.25, -0.2) is 4.79 Å². The van der Waals surface area contributed by atoms with Crippen molar-refractivity contribution < 1.29 is 23.6 Å². The second kappa shape index (κ2) is 5.24. The molecule has 0 fully saturated rings. The zero-order valence-corrected chi connectivity index (χ0v) is 9.23. The highest BCUT2D eigenvalue weighted by Crippen LogP contribution is 2.34. The van der Waals surface area contributed by atoms with E-state index in [0.29, 0.717) is 0 Å². The Morgan fingerprint density at radius 3 is 2.65 bits per heavy atom. The summed E-state index contributed by atoms with van der Waals surface area (Å²) >= 11 is 0. The monoisotopic (exact) mass is 243 g/mol. The minimum absolute atomic E-state index is 0.0638. The van der Waals surface area contributed by atoms with Gasteiger partial charge < -0.3 is 9.47 Å². The lowest BCUT2D eigenvalue weighted by atomic mass is 10.1. The van der Waals surface area contributed by atoms with Crippen molar-refractivity contribution in [3.63, 3.8) is 0 Å². The molecular weight excluding hydrogens is 233 g/mol. The van der Waals surface area contributed by atoms with E-state index in [1.165, 1.54) is 0 Å². The van der Waals surface area contributed by atoms with Crippen LogP contribution in [0.3, 0.4) is 0 Å². The van der Waals surface area contributed by atoms with Crippen LogP contribution in [0.25, 0.3) is 0 Å². The van der Waals surface area contributed by atoms with Crippen molar-refractivity contribution in [1.82, 2.24) is 0 Å². The Kier molecular flexibility index (Phi) is 3.97. The highest BCUT2D eigenvalue weighted by Gasteiger charge is 2.28. The molecule has 0 aromatic heterocycles. The van der Waals surface area contributed by atoms with Crippen LogP contribution in [0.2, 0.25) is 0 Å². The maximum atomic E-state index is 13.3. The third-order valence-corrected chi connectivity index (χ3v) is 1.96. The fraction of sp³-hybridized carbons (Fsp3) is 0.300. The summed E-state index contributed by atoms with van der Waals surface area (Å²) in [4.78, 5) is 21.1. The molecule has 1 rings (SSSR count). The summed E-state index contributed by atoms with van der Waals surface area (Å²) in [6.45, 7) is 1.63. The number of carbonyl (C=O) groups excluding carboxylic acids is 1. The third-order valence-electron chi connectivity index (χ3n) is 1.96. The molecule has 0 radical (unpaired) electrons. The molecule has 6 nitrogen and oxygen atoms in total. The van der Waals surface area contributed by atoms with Crippen molar-refractivity contribution in [3.8, 4) is 5.75 Å². The van der Waals surface area contributed by atoms with Crippen LogP contribution in [0.5, 0.6) is 5.75 Å². The Morgan fingerprint density at radius 1 is 1.53 bits per heavy atom. The molecule has 0 spiro atoms. The smallest absolute Gasteiger partial charge is 0.347 e. The molecule has 0 saturated heterocycles. The first kappa shape index (κ1) is 12.9. The zero-order valence-electron chi connectivity index (χ0n) is 9.23. The number of nitro benzene ring substituents is 1. The van der Waals surface area contributed by atoms with Gasteiger partial charge in [-0.15, -0.1) is 0 Å². The number of hydrogen-bond donors (Lipinski definition) is 0. The van der Waals surface area contributed by atoms with E-state index in [1.54, 1.807) is 6.92 Å². The van der Waals surface area contributed by atoms with E-state index >= 15 is 0 Å². The second-order valence-corrected chi connectivity index (χ2v) is 2.95. The highest BCUT2D eigenvalue weighted by molar-refractivity contribution is 5.94. The van der Waals surface area contributed by atoms with Gasteiger partial charge in [0.05, 0.1) is 18.6 Å². The lowest BCUT2D eigenvalue weighted by Crippen LogP contribution is -2.09. The summed E-state index contributed by atoms with van der Waals surface area (Å²) < 4.78 is 22.7. The van der Waals surface area contributed by atoms with Gasteiger partial charge >= 0.3 is 11.7 Å². The minimum Gasteiger partial charge on any atom is -0.486 e. The van der Waals surface area contributed by atoms with Crippen molar-refractivity contribution in [2.75, 3.05) is 13.7 Å². The number of nitro groups is 1. The normalized spacial score (nSPS) is 9.82. The Labute approximate surface area is 96.1 Å². The maximum Gasteiger partial charge on any atom is 0.347 e. The van der Waals surface area contributed by atoms with Crippen LogP contribution in [0.4, 0.5) is 10.1 Å². The quantitative estimate of drug-likeness (QED) is 0.458. The number of hydrogen-bond acceptors (Lipinski definition) is 5. The molecule has 1 aromatic rings. The van der Waals surface area contributed by atoms with Gasteiger partial charge in [0.15, 0.2) is 0 Å². The molecule has 7 heteroatoms. The zero-order chi connectivity index (χ0) is 13.0. The first-order chi connectivity index (χ1) is 8.02. The van der Waals surface area contributed by atoms with Crippen LogP contribution >= 0.6 is 0 Å². The Balaban J connectivity index is 3.46. The first-order valence-electron chi connectivity index (χ1n) is 4.70. The SMILES string of the molecule is CCOc1c(C(=O)OC)ccc(F)c1[N+](=O)[O-]. The van der Waals surface area contributed by atoms with Crippen molar-refractivity contribution in [1.29, 1.82) is 0 Å². The molecule has 0 aliphatic carbocycles. The van der Waals surface area contributed by atoms with Crippen molar-refractivity contribution in [2.45, 2.75) is 6.92 Å². The number of carbonyl (C=O) groups is 1. The number of ether oxygens (including phenoxy) is 2. The molecule has 0 amide bonds. The predicted octanol–water partition coefficient (Wildman–Crippen LogP) is 1.92. The molecule has 92 valence electrons. The summed E-state index contributed by atoms with van der Waals surface area (Å²) in [6.07, 6.45) is 0. The summed E-state index contributed by atoms with van der Waals surface area (Å²) in [6, 6.07) is 1.91. The fourth-order valence-electron chi connectivity index (χ4n) is 1.28. The average Bonchev–Trinajstić information content (AvgIpc) is 2.28. The van der Waals surface area contributed by atoms with Gasteiger partial charge in [-0.1, -0.05) is 0 Å². The van der Waals surface area contributed by atoms with Gasteiger partial charge in [0.25, 0.3) is 0 Å². The van der Waals surface area contributed by atoms with Crippen molar-refractivity contribution in [2.24, 2.45) is 0 Å². The van der Waals surface area contributed by atoms with Crippen LogP contribution in [-0.2, 0) is 4.74 Å². The van der Waals surface area contributed by atoms with E-state index in [0.717, 1.165) is 19.2 Å². The standard InChI is InChI=1S/C10H10FNO5/c1-3-17-9-6(10(13)16-2)4-5-7(11)8(9)12(14)15/h4-5H,3H2,1-2H3. The number of methoxy groups -OCH3 is 1. The number of rotatable bonds is 4.